The molecule has 0 unspecified atom stereocenters. The first-order valence-electron chi connectivity index (χ1n) is 15.2. The number of carbonyl (C=O) groups is 2. The number of Topliss-reactive ketones (excluding diaryl/α,β-unsaturated/α-hetero) is 1. The number of guanidine groups is 1. The van der Waals surface area contributed by atoms with Crippen molar-refractivity contribution in [2.45, 2.75) is 104 Å². The molecule has 1 aromatic rings. The number of nitrogens with one attached hydrogen (secondary N) is 2. The van der Waals surface area contributed by atoms with Crippen molar-refractivity contribution in [3.63, 3.8) is 0 Å². The Hall–Kier alpha value is -2.93. The van der Waals surface area contributed by atoms with E-state index in [9.17, 15) is 19.7 Å². The van der Waals surface area contributed by atoms with Gasteiger partial charge in [0.25, 0.3) is 5.96 Å². The highest BCUT2D eigenvalue weighted by Gasteiger charge is 2.68. The molecular weight excluding hydrogens is 541 g/mol. The summed E-state index contributed by atoms with van der Waals surface area (Å²) in [5, 5.41) is 13.0. The molecule has 2 heterocycles. The van der Waals surface area contributed by atoms with Crippen molar-refractivity contribution in [1.82, 2.24) is 10.7 Å². The van der Waals surface area contributed by atoms with Gasteiger partial charge in [0.1, 0.15) is 11.5 Å². The molecular formula is C29H46BN5O7. The van der Waals surface area contributed by atoms with Crippen molar-refractivity contribution in [2.24, 2.45) is 39.8 Å². The number of aliphatic imine (C=N–C) groups is 1. The summed E-state index contributed by atoms with van der Waals surface area (Å²) in [6.45, 7) is 11.2. The molecule has 4 aliphatic rings. The van der Waals surface area contributed by atoms with Crippen molar-refractivity contribution >= 4 is 24.8 Å². The molecule has 4 fully saturated rings. The van der Waals surface area contributed by atoms with Crippen LogP contribution in [0.5, 0.6) is 0 Å². The van der Waals surface area contributed by atoms with Gasteiger partial charge in [-0.2, -0.15) is 0 Å². The molecule has 232 valence electrons. The highest BCUT2D eigenvalue weighted by Crippen LogP contribution is 2.65. The number of nitrogens with zero attached hydrogens (tertiary/aromatic N) is 2. The third-order valence-electron chi connectivity index (χ3n) is 9.62. The predicted molar refractivity (Wildman–Crippen MR) is 157 cm³/mol. The molecule has 13 heteroatoms. The number of hydrazine groups is 1. The van der Waals surface area contributed by atoms with Crippen molar-refractivity contribution < 1.29 is 28.3 Å². The van der Waals surface area contributed by atoms with Crippen LogP contribution in [0.4, 0.5) is 0 Å². The van der Waals surface area contributed by atoms with Gasteiger partial charge < -0.3 is 24.8 Å². The van der Waals surface area contributed by atoms with Crippen LogP contribution in [0.25, 0.3) is 0 Å². The van der Waals surface area contributed by atoms with E-state index in [1.54, 1.807) is 17.8 Å². The minimum absolute atomic E-state index is 0.000843. The summed E-state index contributed by atoms with van der Waals surface area (Å²) in [7, 11) is -0.561. The van der Waals surface area contributed by atoms with Crippen LogP contribution in [0.15, 0.2) is 27.8 Å². The second-order valence-electron chi connectivity index (χ2n) is 13.4. The first kappa shape index (κ1) is 32.0. The van der Waals surface area contributed by atoms with Crippen molar-refractivity contribution in [1.29, 1.82) is 0 Å². The second kappa shape index (κ2) is 13.2. The molecule has 3 aliphatic carbocycles. The quantitative estimate of drug-likeness (QED) is 0.0694. The van der Waals surface area contributed by atoms with Crippen LogP contribution >= 0.6 is 0 Å². The molecule has 4 N–H and O–H groups in total. The fourth-order valence-electron chi connectivity index (χ4n) is 7.20. The fraction of sp³-hybridized carbons (Fsp3) is 0.759. The van der Waals surface area contributed by atoms with Crippen molar-refractivity contribution in [3.8, 4) is 0 Å². The van der Waals surface area contributed by atoms with Gasteiger partial charge in [-0.25, -0.2) is 15.1 Å². The van der Waals surface area contributed by atoms with E-state index in [-0.39, 0.29) is 66.0 Å². The molecule has 1 saturated heterocycles. The summed E-state index contributed by atoms with van der Waals surface area (Å²) >= 11 is 0. The van der Waals surface area contributed by atoms with E-state index in [0.29, 0.717) is 37.5 Å². The molecule has 0 radical (unpaired) electrons. The van der Waals surface area contributed by atoms with Gasteiger partial charge in [0.05, 0.1) is 23.9 Å². The monoisotopic (exact) mass is 587 g/mol. The summed E-state index contributed by atoms with van der Waals surface area (Å²) in [5.41, 5.74) is 7.15. The molecule has 1 aliphatic heterocycles. The first-order chi connectivity index (χ1) is 19.8. The topological polar surface area (TPSA) is 171 Å². The van der Waals surface area contributed by atoms with Gasteiger partial charge in [0.2, 0.25) is 5.91 Å². The maximum absolute atomic E-state index is 13.7. The molecule has 3 saturated carbocycles. The van der Waals surface area contributed by atoms with E-state index in [0.717, 1.165) is 18.6 Å². The zero-order chi connectivity index (χ0) is 30.7. The third kappa shape index (κ3) is 7.34. The van der Waals surface area contributed by atoms with Gasteiger partial charge in [-0.1, -0.05) is 33.1 Å². The Morgan fingerprint density at radius 3 is 2.69 bits per heavy atom. The molecule has 12 nitrogen and oxygen atoms in total. The van der Waals surface area contributed by atoms with Gasteiger partial charge >= 0.3 is 7.12 Å². The first-order valence-corrected chi connectivity index (χ1v) is 15.2. The highest BCUT2D eigenvalue weighted by molar-refractivity contribution is 6.47. The fourth-order valence-corrected chi connectivity index (χ4v) is 7.20. The largest absolute Gasteiger partial charge is 0.481 e. The molecule has 42 heavy (non-hydrogen) atoms. The van der Waals surface area contributed by atoms with Gasteiger partial charge in [-0.15, -0.1) is 0 Å². The van der Waals surface area contributed by atoms with Crippen LogP contribution in [0.2, 0.25) is 0 Å². The maximum atomic E-state index is 13.7. The molecule has 6 atom stereocenters. The summed E-state index contributed by atoms with van der Waals surface area (Å²) in [5.74, 6) is 0.482. The van der Waals surface area contributed by atoms with Crippen LogP contribution in [0.1, 0.15) is 85.3 Å². The number of rotatable bonds is 15. The van der Waals surface area contributed by atoms with Gasteiger partial charge in [-0.05, 0) is 74.3 Å². The van der Waals surface area contributed by atoms with E-state index in [1.807, 2.05) is 6.07 Å². The predicted octanol–water partition coefficient (Wildman–Crippen LogP) is 3.46. The standard InChI is InChI=1S/C29H46BN5O7/c1-18(2)14-25(30-41-24-17-20-16-23(28(20,3)4)29(24,5)42-30)33-26(37)19(8-6-12-32-27(31)34-35(38)39)15-21(36)10-11-22-9-7-13-40-22/h7,9,13,18-20,23-25H,6,8,10-12,14-17H2,1-5H3,(H,33,37)(H3,31,32,34)/t19-,20+,23+,24-,25+,29+/m1/s1. The van der Waals surface area contributed by atoms with Crippen LogP contribution in [-0.2, 0) is 25.3 Å². The summed E-state index contributed by atoms with van der Waals surface area (Å²) in [4.78, 5) is 41.2. The Balaban J connectivity index is 1.42. The molecule has 0 aromatic carbocycles. The number of furan rings is 1. The Morgan fingerprint density at radius 2 is 2.05 bits per heavy atom. The minimum Gasteiger partial charge on any atom is -0.469 e. The average Bonchev–Trinajstić information content (AvgIpc) is 3.55. The summed E-state index contributed by atoms with van der Waals surface area (Å²) in [6.07, 6.45) is 5.93. The number of amides is 1. The highest BCUT2D eigenvalue weighted by atomic mass is 16.7. The number of carbonyl (C=O) groups excluding carboxylic acids is 2. The van der Waals surface area contributed by atoms with Crippen molar-refractivity contribution in [2.75, 3.05) is 6.54 Å². The lowest BCUT2D eigenvalue weighted by Gasteiger charge is -2.64. The second-order valence-corrected chi connectivity index (χ2v) is 13.4. The lowest BCUT2D eigenvalue weighted by Crippen LogP contribution is -2.65. The van der Waals surface area contributed by atoms with E-state index < -0.39 is 18.1 Å². The Labute approximate surface area is 248 Å². The average molecular weight is 588 g/mol. The Morgan fingerprint density at radius 1 is 1.29 bits per heavy atom. The number of ketones is 1. The summed E-state index contributed by atoms with van der Waals surface area (Å²) < 4.78 is 18.6. The SMILES string of the molecule is CC(C)C[C@H](NC(=O)[C@H](CCCN=C(N)N[N+](=O)[O-])CC(=O)CCc1ccco1)B1O[C@@H]2C[C@@H]3C[C@@H](C3(C)C)[C@]2(C)O1. The van der Waals surface area contributed by atoms with Gasteiger partial charge in [0.15, 0.2) is 5.03 Å². The van der Waals surface area contributed by atoms with E-state index in [2.05, 4.69) is 44.9 Å². The smallest absolute Gasteiger partial charge is 0.469 e. The van der Waals surface area contributed by atoms with Crippen LogP contribution < -0.4 is 16.5 Å². The zero-order valence-corrected chi connectivity index (χ0v) is 25.5. The van der Waals surface area contributed by atoms with Gasteiger partial charge in [0, 0.05) is 31.7 Å². The molecule has 1 aromatic heterocycles. The lowest BCUT2D eigenvalue weighted by molar-refractivity contribution is -0.525. The Bertz CT molecular complexity index is 1140. The number of aryl methyl sites for hydroxylation is 1. The minimum atomic E-state index is -0.782. The third-order valence-corrected chi connectivity index (χ3v) is 9.62. The maximum Gasteiger partial charge on any atom is 0.481 e. The van der Waals surface area contributed by atoms with Gasteiger partial charge in [-0.3, -0.25) is 9.59 Å². The normalized spacial score (nSPS) is 27.6. The number of nitrogens with two attached hydrogens (primary N) is 1. The number of hydrogen-bond acceptors (Lipinski definition) is 8. The number of nitro groups is 1. The van der Waals surface area contributed by atoms with E-state index >= 15 is 0 Å². The summed E-state index contributed by atoms with van der Waals surface area (Å²) in [6, 6.07) is 3.60. The molecule has 2 bridgehead atoms. The van der Waals surface area contributed by atoms with E-state index in [1.165, 1.54) is 0 Å². The van der Waals surface area contributed by atoms with Crippen LogP contribution in [0.3, 0.4) is 0 Å². The van der Waals surface area contributed by atoms with Crippen molar-refractivity contribution in [3.05, 3.63) is 34.3 Å². The Kier molecular flexibility index (Phi) is 10.0. The zero-order valence-electron chi connectivity index (χ0n) is 25.5. The lowest BCUT2D eigenvalue weighted by atomic mass is 9.43. The van der Waals surface area contributed by atoms with E-state index in [4.69, 9.17) is 19.5 Å². The van der Waals surface area contributed by atoms with Crippen LogP contribution in [-0.4, -0.2) is 54.0 Å². The molecule has 0 spiro atoms. The molecule has 1 amide bonds. The van der Waals surface area contributed by atoms with Crippen LogP contribution in [0, 0.1) is 39.2 Å². The number of hydrogen-bond donors (Lipinski definition) is 3. The molecule has 5 rings (SSSR count).